The summed E-state index contributed by atoms with van der Waals surface area (Å²) in [5.74, 6) is -0.849. The lowest BCUT2D eigenvalue weighted by atomic mass is 9.80. The number of amides is 1. The van der Waals surface area contributed by atoms with Gasteiger partial charge in [-0.15, -0.1) is 0 Å². The second-order valence-electron chi connectivity index (χ2n) is 10.5. The molecule has 2 aliphatic carbocycles. The molecule has 1 amide bonds. The number of rotatable bonds is 5. The van der Waals surface area contributed by atoms with Crippen LogP contribution in [0.3, 0.4) is 0 Å². The summed E-state index contributed by atoms with van der Waals surface area (Å²) in [7, 11) is 0. The number of pyridine rings is 1. The van der Waals surface area contributed by atoms with Crippen LogP contribution < -0.4 is 0 Å². The number of aliphatic carboxylic acids is 1. The van der Waals surface area contributed by atoms with Crippen LogP contribution in [0.25, 0.3) is 11.0 Å². The second-order valence-corrected chi connectivity index (χ2v) is 10.5. The van der Waals surface area contributed by atoms with E-state index in [9.17, 15) is 19.1 Å². The van der Waals surface area contributed by atoms with E-state index >= 15 is 0 Å². The zero-order chi connectivity index (χ0) is 23.5. The van der Waals surface area contributed by atoms with Gasteiger partial charge in [0.15, 0.2) is 0 Å². The SMILES string of the molecule is O=C(CC12CCC(C(=O)O)(CC1)C2)N1CCc2c(n(Cc3cccc(F)c3)c3ncccc23)C1. The van der Waals surface area contributed by atoms with Crippen molar-refractivity contribution in [1.29, 1.82) is 0 Å². The van der Waals surface area contributed by atoms with Crippen molar-refractivity contribution in [1.82, 2.24) is 14.5 Å². The van der Waals surface area contributed by atoms with Crippen LogP contribution in [-0.2, 0) is 29.1 Å². The van der Waals surface area contributed by atoms with Crippen LogP contribution in [0.15, 0.2) is 42.6 Å². The normalized spacial score (nSPS) is 25.6. The zero-order valence-corrected chi connectivity index (χ0v) is 19.1. The molecule has 2 bridgehead atoms. The molecule has 0 spiro atoms. The maximum absolute atomic E-state index is 13.8. The molecule has 2 fully saturated rings. The first-order valence-electron chi connectivity index (χ1n) is 12.1. The van der Waals surface area contributed by atoms with Crippen LogP contribution in [0.2, 0.25) is 0 Å². The van der Waals surface area contributed by atoms with Crippen molar-refractivity contribution in [2.24, 2.45) is 10.8 Å². The highest BCUT2D eigenvalue weighted by Gasteiger charge is 2.58. The first-order chi connectivity index (χ1) is 16.4. The largest absolute Gasteiger partial charge is 0.481 e. The minimum Gasteiger partial charge on any atom is -0.481 e. The van der Waals surface area contributed by atoms with Gasteiger partial charge in [-0.25, -0.2) is 9.37 Å². The molecule has 34 heavy (non-hydrogen) atoms. The second kappa shape index (κ2) is 7.65. The van der Waals surface area contributed by atoms with Gasteiger partial charge < -0.3 is 14.6 Å². The molecule has 2 saturated carbocycles. The molecular weight excluding hydrogens is 433 g/mol. The number of fused-ring (bicyclic) bond motifs is 5. The van der Waals surface area contributed by atoms with Gasteiger partial charge in [0.25, 0.3) is 0 Å². The molecule has 6 rings (SSSR count). The van der Waals surface area contributed by atoms with E-state index in [1.807, 2.05) is 17.0 Å². The molecule has 3 heterocycles. The van der Waals surface area contributed by atoms with Crippen molar-refractivity contribution >= 4 is 22.9 Å². The van der Waals surface area contributed by atoms with Gasteiger partial charge in [0.05, 0.1) is 12.0 Å². The third kappa shape index (κ3) is 3.32. The zero-order valence-electron chi connectivity index (χ0n) is 19.1. The highest BCUT2D eigenvalue weighted by Crippen LogP contribution is 2.63. The van der Waals surface area contributed by atoms with Crippen LogP contribution >= 0.6 is 0 Å². The van der Waals surface area contributed by atoms with Crippen molar-refractivity contribution < 1.29 is 19.1 Å². The molecule has 0 saturated heterocycles. The van der Waals surface area contributed by atoms with Gasteiger partial charge >= 0.3 is 5.97 Å². The number of carbonyl (C=O) groups excluding carboxylic acids is 1. The first kappa shape index (κ1) is 21.3. The summed E-state index contributed by atoms with van der Waals surface area (Å²) in [5.41, 5.74) is 3.22. The molecule has 2 aromatic heterocycles. The Kier molecular flexibility index (Phi) is 4.80. The molecule has 0 radical (unpaired) electrons. The fraction of sp³-hybridized carbons (Fsp3) is 0.444. The number of aromatic nitrogens is 2. The van der Waals surface area contributed by atoms with E-state index in [4.69, 9.17) is 0 Å². The van der Waals surface area contributed by atoms with Crippen LogP contribution in [0.1, 0.15) is 55.3 Å². The standard InChI is InChI=1S/C27H28FN3O3/c28-19-4-1-3-18(13-19)15-31-22-16-30(12-6-20(22)21-5-2-11-29-24(21)31)23(32)14-26-7-9-27(17-26,10-8-26)25(33)34/h1-5,11,13H,6-10,12,14-17H2,(H,33,34). The Labute approximate surface area is 197 Å². The van der Waals surface area contributed by atoms with E-state index in [-0.39, 0.29) is 17.1 Å². The molecule has 1 aliphatic heterocycles. The maximum Gasteiger partial charge on any atom is 0.309 e. The molecular formula is C27H28FN3O3. The molecule has 3 aliphatic rings. The van der Waals surface area contributed by atoms with Gasteiger partial charge in [-0.1, -0.05) is 12.1 Å². The van der Waals surface area contributed by atoms with E-state index in [0.29, 0.717) is 45.3 Å². The molecule has 1 aromatic carbocycles. The number of benzene rings is 1. The molecule has 0 atom stereocenters. The van der Waals surface area contributed by atoms with Crippen LogP contribution in [0.5, 0.6) is 0 Å². The van der Waals surface area contributed by atoms with Crippen molar-refractivity contribution in [3.8, 4) is 0 Å². The van der Waals surface area contributed by atoms with Gasteiger partial charge in [-0.2, -0.15) is 0 Å². The number of nitrogens with zero attached hydrogens (tertiary/aromatic N) is 3. The van der Waals surface area contributed by atoms with E-state index in [2.05, 4.69) is 15.6 Å². The smallest absolute Gasteiger partial charge is 0.309 e. The molecule has 0 unspecified atom stereocenters. The van der Waals surface area contributed by atoms with Gasteiger partial charge in [-0.3, -0.25) is 9.59 Å². The highest BCUT2D eigenvalue weighted by molar-refractivity contribution is 5.84. The molecule has 3 aromatic rings. The Morgan fingerprint density at radius 2 is 1.94 bits per heavy atom. The lowest BCUT2D eigenvalue weighted by Crippen LogP contribution is -2.39. The topological polar surface area (TPSA) is 75.4 Å². The van der Waals surface area contributed by atoms with Crippen LogP contribution in [-0.4, -0.2) is 38.0 Å². The van der Waals surface area contributed by atoms with Crippen LogP contribution in [0, 0.1) is 16.6 Å². The summed E-state index contributed by atoms with van der Waals surface area (Å²) in [6.07, 6.45) is 6.62. The molecule has 6 nitrogen and oxygen atoms in total. The predicted octanol–water partition coefficient (Wildman–Crippen LogP) is 4.53. The van der Waals surface area contributed by atoms with Crippen molar-refractivity contribution in [3.63, 3.8) is 0 Å². The molecule has 7 heteroatoms. The molecule has 176 valence electrons. The summed E-state index contributed by atoms with van der Waals surface area (Å²) >= 11 is 0. The first-order valence-corrected chi connectivity index (χ1v) is 12.1. The summed E-state index contributed by atoms with van der Waals surface area (Å²) in [5, 5.41) is 10.8. The average molecular weight is 462 g/mol. The maximum atomic E-state index is 13.8. The number of hydrogen-bond donors (Lipinski definition) is 1. The number of carboxylic acids is 1. The van der Waals surface area contributed by atoms with Crippen LogP contribution in [0.4, 0.5) is 4.39 Å². The minimum absolute atomic E-state index is 0.115. The third-order valence-electron chi connectivity index (χ3n) is 8.56. The van der Waals surface area contributed by atoms with Gasteiger partial charge in [0.2, 0.25) is 5.91 Å². The Morgan fingerprint density at radius 1 is 1.12 bits per heavy atom. The number of carbonyl (C=O) groups is 2. The Hall–Kier alpha value is -3.22. The number of halogens is 1. The van der Waals surface area contributed by atoms with Gasteiger partial charge in [0.1, 0.15) is 11.5 Å². The van der Waals surface area contributed by atoms with Crippen molar-refractivity contribution in [2.75, 3.05) is 6.54 Å². The third-order valence-corrected chi connectivity index (χ3v) is 8.56. The Morgan fingerprint density at radius 3 is 2.68 bits per heavy atom. The lowest BCUT2D eigenvalue weighted by Gasteiger charge is -2.33. The van der Waals surface area contributed by atoms with E-state index < -0.39 is 11.4 Å². The average Bonchev–Trinajstić information content (AvgIpc) is 3.49. The summed E-state index contributed by atoms with van der Waals surface area (Å²) in [6, 6.07) is 10.6. The molecule has 1 N–H and O–H groups in total. The summed E-state index contributed by atoms with van der Waals surface area (Å²) < 4.78 is 16.0. The van der Waals surface area contributed by atoms with Crippen molar-refractivity contribution in [3.05, 3.63) is 65.2 Å². The number of carboxylic acid groups (broad SMARTS) is 1. The van der Waals surface area contributed by atoms with E-state index in [0.717, 1.165) is 41.6 Å². The predicted molar refractivity (Wildman–Crippen MR) is 125 cm³/mol. The highest BCUT2D eigenvalue weighted by atomic mass is 19.1. The summed E-state index contributed by atoms with van der Waals surface area (Å²) in [6.45, 7) is 1.65. The lowest BCUT2D eigenvalue weighted by molar-refractivity contribution is -0.148. The fourth-order valence-electron chi connectivity index (χ4n) is 6.75. The Balaban J connectivity index is 1.28. The minimum atomic E-state index is -0.698. The van der Waals surface area contributed by atoms with Gasteiger partial charge in [0, 0.05) is 36.8 Å². The monoisotopic (exact) mass is 461 g/mol. The van der Waals surface area contributed by atoms with Crippen molar-refractivity contribution in [2.45, 2.75) is 58.0 Å². The summed E-state index contributed by atoms with van der Waals surface area (Å²) in [4.78, 5) is 31.8. The number of hydrogen-bond acceptors (Lipinski definition) is 3. The van der Waals surface area contributed by atoms with E-state index in [1.165, 1.54) is 11.6 Å². The Bertz CT molecular complexity index is 1310. The fourth-order valence-corrected chi connectivity index (χ4v) is 6.75. The van der Waals surface area contributed by atoms with E-state index in [1.54, 1.807) is 18.3 Å². The van der Waals surface area contributed by atoms with Gasteiger partial charge in [-0.05, 0) is 79.3 Å². The quantitative estimate of drug-likeness (QED) is 0.606.